The van der Waals surface area contributed by atoms with Gasteiger partial charge in [-0.3, -0.25) is 0 Å². The minimum Gasteiger partial charge on any atom is -0.512 e. The van der Waals surface area contributed by atoms with E-state index < -0.39 is 17.7 Å². The summed E-state index contributed by atoms with van der Waals surface area (Å²) in [6.07, 6.45) is 1.84. The maximum absolute atomic E-state index is 11.6. The lowest BCUT2D eigenvalue weighted by atomic mass is 9.80. The van der Waals surface area contributed by atoms with E-state index in [1.165, 1.54) is 0 Å². The normalized spacial score (nSPS) is 20.8. The highest BCUT2D eigenvalue weighted by molar-refractivity contribution is 5.83. The molecular formula is C17H21NO5. The van der Waals surface area contributed by atoms with Crippen molar-refractivity contribution in [2.45, 2.75) is 38.7 Å². The van der Waals surface area contributed by atoms with Gasteiger partial charge in [0.05, 0.1) is 6.08 Å². The van der Waals surface area contributed by atoms with Gasteiger partial charge in [-0.2, -0.15) is 0 Å². The minimum absolute atomic E-state index is 0.0557. The van der Waals surface area contributed by atoms with Gasteiger partial charge in [0.25, 0.3) is 0 Å². The predicted octanol–water partition coefficient (Wildman–Crippen LogP) is 2.86. The van der Waals surface area contributed by atoms with E-state index in [1.807, 2.05) is 26.0 Å². The standard InChI is InChI=1S/C17H21NO5/c1-11(2)17(10-13(19)9-15(20)23-17)8-7-12-3-5-14(6-4-12)22-16(18)21/h3-6,9,11,19H,7-8,10H2,1-2H3,(H2,18,21). The maximum Gasteiger partial charge on any atom is 0.409 e. The van der Waals surface area contributed by atoms with Crippen LogP contribution >= 0.6 is 0 Å². The summed E-state index contributed by atoms with van der Waals surface area (Å²) in [7, 11) is 0. The summed E-state index contributed by atoms with van der Waals surface area (Å²) in [6, 6.07) is 6.97. The van der Waals surface area contributed by atoms with Crippen LogP contribution in [0.25, 0.3) is 0 Å². The number of hydrogen-bond donors (Lipinski definition) is 2. The number of amides is 1. The summed E-state index contributed by atoms with van der Waals surface area (Å²) in [5.74, 6) is -0.00271. The van der Waals surface area contributed by atoms with Crippen molar-refractivity contribution >= 4 is 12.1 Å². The second-order valence-electron chi connectivity index (χ2n) is 6.02. The first-order valence-electron chi connectivity index (χ1n) is 7.49. The Morgan fingerprint density at radius 3 is 2.57 bits per heavy atom. The van der Waals surface area contributed by atoms with E-state index in [9.17, 15) is 14.7 Å². The van der Waals surface area contributed by atoms with Crippen LogP contribution in [-0.4, -0.2) is 22.8 Å². The van der Waals surface area contributed by atoms with Gasteiger partial charge in [-0.1, -0.05) is 26.0 Å². The van der Waals surface area contributed by atoms with Crippen LogP contribution in [0.5, 0.6) is 5.75 Å². The average molecular weight is 319 g/mol. The molecule has 1 heterocycles. The quantitative estimate of drug-likeness (QED) is 0.813. The van der Waals surface area contributed by atoms with E-state index in [2.05, 4.69) is 0 Å². The summed E-state index contributed by atoms with van der Waals surface area (Å²) >= 11 is 0. The van der Waals surface area contributed by atoms with Crippen molar-refractivity contribution in [3.05, 3.63) is 41.7 Å². The summed E-state index contributed by atoms with van der Waals surface area (Å²) in [5, 5.41) is 9.78. The largest absolute Gasteiger partial charge is 0.512 e. The fourth-order valence-corrected chi connectivity index (χ4v) is 2.71. The number of aliphatic hydroxyl groups excluding tert-OH is 1. The second-order valence-corrected chi connectivity index (χ2v) is 6.02. The molecule has 0 fully saturated rings. The third-order valence-electron chi connectivity index (χ3n) is 4.10. The van der Waals surface area contributed by atoms with Crippen LogP contribution in [0.2, 0.25) is 0 Å². The molecule has 1 aliphatic rings. The summed E-state index contributed by atoms with van der Waals surface area (Å²) in [4.78, 5) is 22.3. The van der Waals surface area contributed by atoms with E-state index >= 15 is 0 Å². The van der Waals surface area contributed by atoms with Crippen LogP contribution in [0.3, 0.4) is 0 Å². The number of benzene rings is 1. The van der Waals surface area contributed by atoms with Crippen molar-refractivity contribution in [1.82, 2.24) is 0 Å². The molecule has 2 rings (SSSR count). The van der Waals surface area contributed by atoms with Crippen LogP contribution in [0.15, 0.2) is 36.1 Å². The van der Waals surface area contributed by atoms with Crippen LogP contribution in [0.1, 0.15) is 32.3 Å². The van der Waals surface area contributed by atoms with Gasteiger partial charge in [0.15, 0.2) is 0 Å². The molecule has 0 bridgehead atoms. The zero-order chi connectivity index (χ0) is 17.0. The van der Waals surface area contributed by atoms with E-state index in [1.54, 1.807) is 12.1 Å². The molecule has 1 unspecified atom stereocenters. The molecule has 1 aromatic carbocycles. The van der Waals surface area contributed by atoms with Gasteiger partial charge in [-0.25, -0.2) is 9.59 Å². The average Bonchev–Trinajstić information content (AvgIpc) is 2.45. The van der Waals surface area contributed by atoms with Crippen LogP contribution in [0.4, 0.5) is 4.79 Å². The first kappa shape index (κ1) is 16.9. The molecule has 3 N–H and O–H groups in total. The number of nitrogens with two attached hydrogens (primary N) is 1. The van der Waals surface area contributed by atoms with Crippen molar-refractivity contribution in [3.63, 3.8) is 0 Å². The van der Waals surface area contributed by atoms with E-state index in [0.29, 0.717) is 25.0 Å². The fourth-order valence-electron chi connectivity index (χ4n) is 2.71. The Hall–Kier alpha value is -2.50. The Morgan fingerprint density at radius 2 is 2.04 bits per heavy atom. The van der Waals surface area contributed by atoms with Gasteiger partial charge in [0.2, 0.25) is 0 Å². The van der Waals surface area contributed by atoms with Gasteiger partial charge in [-0.15, -0.1) is 0 Å². The number of carbonyl (C=O) groups excluding carboxylic acids is 2. The Morgan fingerprint density at radius 1 is 1.39 bits per heavy atom. The highest BCUT2D eigenvalue weighted by Crippen LogP contribution is 2.36. The third kappa shape index (κ3) is 4.25. The number of ether oxygens (including phenoxy) is 2. The summed E-state index contributed by atoms with van der Waals surface area (Å²) in [5.41, 5.74) is 5.25. The lowest BCUT2D eigenvalue weighted by Crippen LogP contribution is -2.43. The van der Waals surface area contributed by atoms with Crippen molar-refractivity contribution < 1.29 is 24.2 Å². The highest BCUT2D eigenvalue weighted by atomic mass is 16.6. The lowest BCUT2D eigenvalue weighted by Gasteiger charge is -2.39. The number of hydrogen-bond acceptors (Lipinski definition) is 5. The smallest absolute Gasteiger partial charge is 0.409 e. The van der Waals surface area contributed by atoms with Gasteiger partial charge in [-0.05, 0) is 36.5 Å². The molecule has 6 nitrogen and oxygen atoms in total. The summed E-state index contributed by atoms with van der Waals surface area (Å²) < 4.78 is 10.3. The maximum atomic E-state index is 11.6. The number of cyclic esters (lactones) is 1. The van der Waals surface area contributed by atoms with E-state index in [4.69, 9.17) is 15.2 Å². The van der Waals surface area contributed by atoms with Crippen molar-refractivity contribution in [2.24, 2.45) is 11.7 Å². The molecule has 1 atom stereocenters. The zero-order valence-electron chi connectivity index (χ0n) is 13.2. The topological polar surface area (TPSA) is 98.9 Å². The van der Waals surface area contributed by atoms with Crippen molar-refractivity contribution in [3.8, 4) is 5.75 Å². The Kier molecular flexibility index (Phi) is 4.93. The molecule has 0 saturated heterocycles. The van der Waals surface area contributed by atoms with Gasteiger partial charge >= 0.3 is 12.1 Å². The molecule has 0 aliphatic carbocycles. The second kappa shape index (κ2) is 6.73. The molecule has 1 amide bonds. The Labute approximate surface area is 134 Å². The molecule has 0 spiro atoms. The van der Waals surface area contributed by atoms with Crippen LogP contribution in [0, 0.1) is 5.92 Å². The number of aliphatic hydroxyl groups is 1. The first-order valence-corrected chi connectivity index (χ1v) is 7.49. The third-order valence-corrected chi connectivity index (χ3v) is 4.10. The van der Waals surface area contributed by atoms with Crippen LogP contribution < -0.4 is 10.5 Å². The van der Waals surface area contributed by atoms with Crippen LogP contribution in [-0.2, 0) is 16.0 Å². The van der Waals surface area contributed by atoms with E-state index in [0.717, 1.165) is 11.6 Å². The molecule has 1 aromatic rings. The molecule has 0 aromatic heterocycles. The van der Waals surface area contributed by atoms with Gasteiger partial charge in [0, 0.05) is 6.42 Å². The monoisotopic (exact) mass is 319 g/mol. The van der Waals surface area contributed by atoms with Crippen molar-refractivity contribution in [2.75, 3.05) is 0 Å². The predicted molar refractivity (Wildman–Crippen MR) is 84.0 cm³/mol. The van der Waals surface area contributed by atoms with Gasteiger partial charge in [0.1, 0.15) is 17.1 Å². The SMILES string of the molecule is CC(C)C1(CCc2ccc(OC(N)=O)cc2)CC(O)=CC(=O)O1. The molecule has 124 valence electrons. The van der Waals surface area contributed by atoms with Crippen molar-refractivity contribution in [1.29, 1.82) is 0 Å². The highest BCUT2D eigenvalue weighted by Gasteiger charge is 2.41. The number of esters is 1. The Balaban J connectivity index is 2.06. The first-order chi connectivity index (χ1) is 10.8. The van der Waals surface area contributed by atoms with Gasteiger partial charge < -0.3 is 20.3 Å². The molecule has 1 aliphatic heterocycles. The number of carbonyl (C=O) groups is 2. The summed E-state index contributed by atoms with van der Waals surface area (Å²) in [6.45, 7) is 3.94. The zero-order valence-corrected chi connectivity index (χ0v) is 13.2. The minimum atomic E-state index is -0.854. The lowest BCUT2D eigenvalue weighted by molar-refractivity contribution is -0.163. The molecule has 6 heteroatoms. The number of rotatable bonds is 5. The number of primary amides is 1. The van der Waals surface area contributed by atoms with E-state index in [-0.39, 0.29) is 11.7 Å². The Bertz CT molecular complexity index is 620. The molecular weight excluding hydrogens is 298 g/mol. The molecule has 0 radical (unpaired) electrons. The molecule has 0 saturated carbocycles. The number of aryl methyl sites for hydroxylation is 1. The fraction of sp³-hybridized carbons (Fsp3) is 0.412. The molecule has 23 heavy (non-hydrogen) atoms.